The molecule has 7 heteroatoms. The maximum Gasteiger partial charge on any atom is 0.177 e. The van der Waals surface area contributed by atoms with E-state index in [9.17, 15) is 16.8 Å². The molecule has 0 saturated carbocycles. The summed E-state index contributed by atoms with van der Waals surface area (Å²) in [5, 5.41) is 0. The number of aryl methyl sites for hydroxylation is 1. The molecule has 2 aromatic rings. The van der Waals surface area contributed by atoms with E-state index in [1.54, 1.807) is 6.07 Å². The van der Waals surface area contributed by atoms with Crippen molar-refractivity contribution in [1.82, 2.24) is 0 Å². The van der Waals surface area contributed by atoms with E-state index in [-0.39, 0.29) is 15.8 Å². The zero-order valence-corrected chi connectivity index (χ0v) is 18.5. The fraction of sp³-hybridized carbons (Fsp3) is 0.455. The monoisotopic (exact) mass is 433 g/mol. The van der Waals surface area contributed by atoms with Gasteiger partial charge in [0.15, 0.2) is 19.7 Å². The molecule has 1 fully saturated rings. The lowest BCUT2D eigenvalue weighted by molar-refractivity contribution is 0.460. The molecule has 2 atom stereocenters. The first-order valence-electron chi connectivity index (χ1n) is 10.0. The summed E-state index contributed by atoms with van der Waals surface area (Å²) in [6, 6.07) is 13.3. The van der Waals surface area contributed by atoms with Gasteiger partial charge in [0.05, 0.1) is 15.5 Å². The summed E-state index contributed by atoms with van der Waals surface area (Å²) >= 11 is 0. The van der Waals surface area contributed by atoms with Crippen molar-refractivity contribution in [2.75, 3.05) is 24.0 Å². The van der Waals surface area contributed by atoms with Crippen LogP contribution in [0.15, 0.2) is 52.3 Å². The second-order valence-corrected chi connectivity index (χ2v) is 12.3. The molecule has 1 aliphatic carbocycles. The van der Waals surface area contributed by atoms with Gasteiger partial charge in [-0.15, -0.1) is 0 Å². The average molecular weight is 434 g/mol. The van der Waals surface area contributed by atoms with Gasteiger partial charge in [0.2, 0.25) is 0 Å². The fourth-order valence-corrected chi connectivity index (χ4v) is 6.59. The number of benzene rings is 2. The molecule has 1 heterocycles. The van der Waals surface area contributed by atoms with Crippen LogP contribution in [0.2, 0.25) is 0 Å². The highest BCUT2D eigenvalue weighted by Gasteiger charge is 2.36. The van der Waals surface area contributed by atoms with Crippen LogP contribution in [0.3, 0.4) is 0 Å². The van der Waals surface area contributed by atoms with Gasteiger partial charge < -0.3 is 4.90 Å². The van der Waals surface area contributed by atoms with Crippen LogP contribution >= 0.6 is 0 Å². The van der Waals surface area contributed by atoms with Crippen molar-refractivity contribution in [1.29, 1.82) is 0 Å². The molecular formula is C22H27NO4S2. The SMILES string of the molecule is CS(=O)(=O)c1ccc(N2CCC[C@@H]2[C@@H]2CCCc3ccccc32)c(S(C)(=O)=O)c1. The topological polar surface area (TPSA) is 71.5 Å². The van der Waals surface area contributed by atoms with Crippen LogP contribution in [-0.2, 0) is 26.1 Å². The third kappa shape index (κ3) is 3.94. The van der Waals surface area contributed by atoms with Crippen molar-refractivity contribution < 1.29 is 16.8 Å². The zero-order chi connectivity index (χ0) is 20.8. The summed E-state index contributed by atoms with van der Waals surface area (Å²) in [6.45, 7) is 0.782. The lowest BCUT2D eigenvalue weighted by atomic mass is 9.78. The van der Waals surface area contributed by atoms with E-state index < -0.39 is 19.7 Å². The minimum atomic E-state index is -3.57. The van der Waals surface area contributed by atoms with Crippen LogP contribution in [0, 0.1) is 0 Å². The van der Waals surface area contributed by atoms with E-state index in [0.29, 0.717) is 11.6 Å². The molecule has 0 aromatic heterocycles. The van der Waals surface area contributed by atoms with Crippen molar-refractivity contribution in [2.24, 2.45) is 0 Å². The van der Waals surface area contributed by atoms with Gasteiger partial charge in [-0.05, 0) is 61.4 Å². The molecule has 0 amide bonds. The minimum Gasteiger partial charge on any atom is -0.367 e. The van der Waals surface area contributed by atoms with Crippen LogP contribution in [0.1, 0.15) is 42.7 Å². The van der Waals surface area contributed by atoms with E-state index >= 15 is 0 Å². The molecule has 29 heavy (non-hydrogen) atoms. The van der Waals surface area contributed by atoms with Crippen molar-refractivity contribution in [2.45, 2.75) is 53.9 Å². The summed E-state index contributed by atoms with van der Waals surface area (Å²) < 4.78 is 49.1. The Bertz CT molecular complexity index is 1140. The van der Waals surface area contributed by atoms with Crippen molar-refractivity contribution >= 4 is 25.4 Å². The van der Waals surface area contributed by atoms with E-state index in [0.717, 1.165) is 51.2 Å². The van der Waals surface area contributed by atoms with Gasteiger partial charge in [-0.3, -0.25) is 0 Å². The van der Waals surface area contributed by atoms with Gasteiger partial charge in [-0.1, -0.05) is 24.3 Å². The highest BCUT2D eigenvalue weighted by molar-refractivity contribution is 7.91. The van der Waals surface area contributed by atoms with Gasteiger partial charge >= 0.3 is 0 Å². The molecule has 0 bridgehead atoms. The Morgan fingerprint density at radius 3 is 2.38 bits per heavy atom. The first-order chi connectivity index (χ1) is 13.7. The Hall–Kier alpha value is -1.86. The average Bonchev–Trinajstić information content (AvgIpc) is 3.15. The largest absolute Gasteiger partial charge is 0.367 e. The summed E-state index contributed by atoms with van der Waals surface area (Å²) in [7, 11) is -7.06. The fourth-order valence-electron chi connectivity index (χ4n) is 4.96. The third-order valence-corrected chi connectivity index (χ3v) is 8.48. The van der Waals surface area contributed by atoms with E-state index in [4.69, 9.17) is 0 Å². The van der Waals surface area contributed by atoms with Crippen LogP contribution < -0.4 is 4.90 Å². The Kier molecular flexibility index (Phi) is 5.23. The molecule has 0 spiro atoms. The highest BCUT2D eigenvalue weighted by Crippen LogP contribution is 2.43. The van der Waals surface area contributed by atoms with Gasteiger partial charge in [0.25, 0.3) is 0 Å². The molecule has 5 nitrogen and oxygen atoms in total. The van der Waals surface area contributed by atoms with Crippen molar-refractivity contribution in [3.05, 3.63) is 53.6 Å². The van der Waals surface area contributed by atoms with Gasteiger partial charge in [0.1, 0.15) is 0 Å². The lowest BCUT2D eigenvalue weighted by Gasteiger charge is -2.37. The van der Waals surface area contributed by atoms with Crippen LogP contribution in [0.25, 0.3) is 0 Å². The van der Waals surface area contributed by atoms with Gasteiger partial charge in [-0.25, -0.2) is 16.8 Å². The standard InChI is InChI=1S/C22H27NO4S2/c1-28(24,25)17-12-13-21(22(15-17)29(2,26)27)23-14-6-11-20(23)19-10-5-8-16-7-3-4-9-18(16)19/h3-4,7,9,12-13,15,19-20H,5-6,8,10-11,14H2,1-2H3/t19-,20-/m1/s1. The van der Waals surface area contributed by atoms with Crippen LogP contribution in [0.5, 0.6) is 0 Å². The first-order valence-corrected chi connectivity index (χ1v) is 13.8. The molecule has 1 aliphatic heterocycles. The lowest BCUT2D eigenvalue weighted by Crippen LogP contribution is -2.36. The van der Waals surface area contributed by atoms with Crippen molar-refractivity contribution in [3.8, 4) is 0 Å². The predicted octanol–water partition coefficient (Wildman–Crippen LogP) is 3.58. The second kappa shape index (κ2) is 7.43. The molecule has 4 rings (SSSR count). The number of nitrogens with zero attached hydrogens (tertiary/aromatic N) is 1. The number of hydrogen-bond acceptors (Lipinski definition) is 5. The van der Waals surface area contributed by atoms with Crippen LogP contribution in [0.4, 0.5) is 5.69 Å². The van der Waals surface area contributed by atoms with E-state index in [1.807, 2.05) is 0 Å². The second-order valence-electron chi connectivity index (χ2n) is 8.27. The molecule has 0 unspecified atom stereocenters. The summed E-state index contributed by atoms with van der Waals surface area (Å²) in [5.74, 6) is 0.365. The Labute approximate surface area is 173 Å². The first kappa shape index (κ1) is 20.4. The number of rotatable bonds is 4. The molecule has 0 radical (unpaired) electrons. The number of hydrogen-bond donors (Lipinski definition) is 0. The molecule has 2 aromatic carbocycles. The predicted molar refractivity (Wildman–Crippen MR) is 115 cm³/mol. The number of sulfone groups is 2. The minimum absolute atomic E-state index is 0.0421. The van der Waals surface area contributed by atoms with Crippen molar-refractivity contribution in [3.63, 3.8) is 0 Å². The zero-order valence-electron chi connectivity index (χ0n) is 16.8. The molecule has 156 valence electrons. The number of anilines is 1. The molecule has 2 aliphatic rings. The quantitative estimate of drug-likeness (QED) is 0.737. The normalized spacial score (nSPS) is 22.5. The summed E-state index contributed by atoms with van der Waals surface area (Å²) in [4.78, 5) is 2.35. The Morgan fingerprint density at radius 2 is 1.66 bits per heavy atom. The van der Waals surface area contributed by atoms with Gasteiger partial charge in [-0.2, -0.15) is 0 Å². The van der Waals surface area contributed by atoms with E-state index in [2.05, 4.69) is 29.2 Å². The van der Waals surface area contributed by atoms with Crippen LogP contribution in [-0.4, -0.2) is 41.9 Å². The smallest absolute Gasteiger partial charge is 0.177 e. The molecule has 0 N–H and O–H groups in total. The Balaban J connectivity index is 1.79. The Morgan fingerprint density at radius 1 is 0.897 bits per heavy atom. The van der Waals surface area contributed by atoms with E-state index in [1.165, 1.54) is 23.3 Å². The maximum absolute atomic E-state index is 12.5. The molecule has 1 saturated heterocycles. The summed E-state index contributed by atoms with van der Waals surface area (Å²) in [6.07, 6.45) is 7.59. The van der Waals surface area contributed by atoms with Gasteiger partial charge in [0, 0.05) is 31.0 Å². The third-order valence-electron chi connectivity index (χ3n) is 6.25. The maximum atomic E-state index is 12.5. The number of fused-ring (bicyclic) bond motifs is 1. The summed E-state index contributed by atoms with van der Waals surface area (Å²) in [5.41, 5.74) is 3.40. The highest BCUT2D eigenvalue weighted by atomic mass is 32.2. The molecular weight excluding hydrogens is 406 g/mol.